The van der Waals surface area contributed by atoms with Crippen molar-refractivity contribution in [3.8, 4) is 11.5 Å². The fourth-order valence-electron chi connectivity index (χ4n) is 4.64. The van der Waals surface area contributed by atoms with Gasteiger partial charge in [0.2, 0.25) is 0 Å². The lowest BCUT2D eigenvalue weighted by Gasteiger charge is -2.40. The molecule has 11 heteroatoms. The van der Waals surface area contributed by atoms with Crippen molar-refractivity contribution >= 4 is 32.1 Å². The molecule has 0 spiro atoms. The minimum Gasteiger partial charge on any atom is -0.463 e. The number of nitrogens with one attached hydrogen (secondary N) is 2. The minimum absolute atomic E-state index is 0.0105. The molecule has 2 fully saturated rings. The molecule has 2 saturated heterocycles. The molecule has 4 rings (SSSR count). The maximum atomic E-state index is 13.6. The van der Waals surface area contributed by atoms with Crippen LogP contribution >= 0.6 is 0 Å². The zero-order valence-electron chi connectivity index (χ0n) is 19.9. The van der Waals surface area contributed by atoms with Gasteiger partial charge in [-0.1, -0.05) is 37.7 Å². The fraction of sp³-hybridized carbons (Fsp3) is 0.478. The standard InChI is InChI=1S/C23H28N4O6Si/c1-6-32-18(28)22-23(19(29)33-7-2)26(20(30)24-22)13-16-10-8-9-15(11-12-34(3,4)5)17(16)14-27(23)21(31)25-22/h8-10H,6-7,13-14H2,1-5H3,(H,24,30)(H,25,31)/t22-,23+/m1/s1. The van der Waals surface area contributed by atoms with Gasteiger partial charge in [0, 0.05) is 5.56 Å². The lowest BCUT2D eigenvalue weighted by molar-refractivity contribution is -0.178. The first-order chi connectivity index (χ1) is 16.0. The number of benzene rings is 1. The summed E-state index contributed by atoms with van der Waals surface area (Å²) in [6.07, 6.45) is 0. The number of carbonyl (C=O) groups is 4. The van der Waals surface area contributed by atoms with E-state index >= 15 is 0 Å². The van der Waals surface area contributed by atoms with Gasteiger partial charge in [0.15, 0.2) is 0 Å². The molecule has 0 unspecified atom stereocenters. The van der Waals surface area contributed by atoms with Gasteiger partial charge < -0.3 is 20.1 Å². The van der Waals surface area contributed by atoms with Gasteiger partial charge in [-0.2, -0.15) is 0 Å². The fourth-order valence-corrected chi connectivity index (χ4v) is 5.15. The highest BCUT2D eigenvalue weighted by Gasteiger charge is 2.81. The molecule has 0 aliphatic carbocycles. The number of ether oxygens (including phenoxy) is 2. The second-order valence-electron chi connectivity index (χ2n) is 9.34. The van der Waals surface area contributed by atoms with Crippen LogP contribution in [0.5, 0.6) is 0 Å². The van der Waals surface area contributed by atoms with E-state index in [0.29, 0.717) is 11.1 Å². The average molecular weight is 485 g/mol. The molecule has 0 aromatic heterocycles. The largest absolute Gasteiger partial charge is 0.463 e. The quantitative estimate of drug-likeness (QED) is 0.380. The number of fused-ring (bicyclic) bond motifs is 1. The predicted octanol–water partition coefficient (Wildman–Crippen LogP) is 1.50. The Morgan fingerprint density at radius 2 is 1.59 bits per heavy atom. The summed E-state index contributed by atoms with van der Waals surface area (Å²) in [6.45, 7) is 9.48. The van der Waals surface area contributed by atoms with Crippen LogP contribution in [-0.4, -0.2) is 66.4 Å². The number of esters is 2. The van der Waals surface area contributed by atoms with E-state index in [0.717, 1.165) is 5.56 Å². The number of rotatable bonds is 4. The van der Waals surface area contributed by atoms with Crippen molar-refractivity contribution in [1.82, 2.24) is 20.4 Å². The Hall–Kier alpha value is -3.52. The Labute approximate surface area is 198 Å². The van der Waals surface area contributed by atoms with E-state index in [9.17, 15) is 19.2 Å². The highest BCUT2D eigenvalue weighted by atomic mass is 28.3. The molecule has 0 bridgehead atoms. The SMILES string of the molecule is CCOC(=O)[C@@]12NC(=O)N3Cc4cccc(C#C[Si](C)(C)C)c4CN(C(=O)N1)[C@]32C(=O)OCC. The summed E-state index contributed by atoms with van der Waals surface area (Å²) in [4.78, 5) is 55.7. The molecule has 0 saturated carbocycles. The van der Waals surface area contributed by atoms with Crippen molar-refractivity contribution in [1.29, 1.82) is 0 Å². The van der Waals surface area contributed by atoms with E-state index in [1.165, 1.54) is 9.80 Å². The highest BCUT2D eigenvalue weighted by Crippen LogP contribution is 2.47. The summed E-state index contributed by atoms with van der Waals surface area (Å²) in [6, 6.07) is 4.11. The molecule has 180 valence electrons. The van der Waals surface area contributed by atoms with E-state index in [1.54, 1.807) is 13.8 Å². The zero-order valence-corrected chi connectivity index (χ0v) is 20.9. The second kappa shape index (κ2) is 8.05. The predicted molar refractivity (Wildman–Crippen MR) is 124 cm³/mol. The first-order valence-corrected chi connectivity index (χ1v) is 14.7. The van der Waals surface area contributed by atoms with E-state index in [1.807, 2.05) is 18.2 Å². The molecule has 2 atom stereocenters. The summed E-state index contributed by atoms with van der Waals surface area (Å²) >= 11 is 0. The van der Waals surface area contributed by atoms with Crippen LogP contribution < -0.4 is 10.6 Å². The van der Waals surface area contributed by atoms with E-state index in [-0.39, 0.29) is 26.3 Å². The maximum absolute atomic E-state index is 13.6. The first kappa shape index (κ1) is 23.6. The number of hydrogen-bond donors (Lipinski definition) is 2. The Kier molecular flexibility index (Phi) is 5.60. The molecule has 1 aromatic carbocycles. The molecule has 4 amide bonds. The van der Waals surface area contributed by atoms with Crippen molar-refractivity contribution in [2.45, 2.75) is 57.9 Å². The van der Waals surface area contributed by atoms with Crippen LogP contribution in [-0.2, 0) is 32.2 Å². The molecule has 1 aromatic rings. The molecule has 0 radical (unpaired) electrons. The van der Waals surface area contributed by atoms with Crippen LogP contribution in [0.1, 0.15) is 30.5 Å². The van der Waals surface area contributed by atoms with Crippen LogP contribution in [0.3, 0.4) is 0 Å². The highest BCUT2D eigenvalue weighted by molar-refractivity contribution is 6.83. The van der Waals surface area contributed by atoms with Gasteiger partial charge in [0.1, 0.15) is 8.07 Å². The molecular formula is C23H28N4O6Si. The monoisotopic (exact) mass is 484 g/mol. The third kappa shape index (κ3) is 3.24. The van der Waals surface area contributed by atoms with Crippen LogP contribution in [0.4, 0.5) is 9.59 Å². The van der Waals surface area contributed by atoms with Crippen molar-refractivity contribution in [2.75, 3.05) is 13.2 Å². The maximum Gasteiger partial charge on any atom is 0.358 e. The lowest BCUT2D eigenvalue weighted by Crippen LogP contribution is -2.74. The summed E-state index contributed by atoms with van der Waals surface area (Å²) in [5.74, 6) is 1.39. The van der Waals surface area contributed by atoms with Crippen LogP contribution in [0.25, 0.3) is 0 Å². The second-order valence-corrected chi connectivity index (χ2v) is 14.1. The summed E-state index contributed by atoms with van der Waals surface area (Å²) in [5, 5.41) is 5.07. The Bertz CT molecular complexity index is 1150. The van der Waals surface area contributed by atoms with E-state index in [4.69, 9.17) is 9.47 Å². The third-order valence-corrected chi connectivity index (χ3v) is 6.89. The Balaban J connectivity index is 1.95. The Morgan fingerprint density at radius 1 is 1.00 bits per heavy atom. The smallest absolute Gasteiger partial charge is 0.358 e. The number of urea groups is 2. The summed E-state index contributed by atoms with van der Waals surface area (Å²) in [7, 11) is -1.71. The summed E-state index contributed by atoms with van der Waals surface area (Å²) in [5.41, 5.74) is 1.22. The molecule has 2 N–H and O–H groups in total. The van der Waals surface area contributed by atoms with Gasteiger partial charge in [0.05, 0.1) is 26.3 Å². The molecular weight excluding hydrogens is 456 g/mol. The third-order valence-electron chi connectivity index (χ3n) is 6.01. The van der Waals surface area contributed by atoms with Gasteiger partial charge in [0.25, 0.3) is 11.3 Å². The normalized spacial score (nSPS) is 24.7. The molecule has 3 aliphatic rings. The molecule has 10 nitrogen and oxygen atoms in total. The van der Waals surface area contributed by atoms with Crippen LogP contribution in [0.2, 0.25) is 19.6 Å². The minimum atomic E-state index is -2.16. The first-order valence-electron chi connectivity index (χ1n) is 11.2. The van der Waals surface area contributed by atoms with Gasteiger partial charge in [-0.15, -0.1) is 5.54 Å². The zero-order chi connectivity index (χ0) is 24.9. The van der Waals surface area contributed by atoms with Crippen molar-refractivity contribution < 1.29 is 28.7 Å². The van der Waals surface area contributed by atoms with Gasteiger partial charge >= 0.3 is 24.0 Å². The molecule has 3 heterocycles. The van der Waals surface area contributed by atoms with Gasteiger partial charge in [-0.05, 0) is 31.0 Å². The van der Waals surface area contributed by atoms with Gasteiger partial charge in [-0.3, -0.25) is 9.80 Å². The molecule has 34 heavy (non-hydrogen) atoms. The van der Waals surface area contributed by atoms with Crippen LogP contribution in [0.15, 0.2) is 18.2 Å². The van der Waals surface area contributed by atoms with Crippen LogP contribution in [0, 0.1) is 11.5 Å². The number of hydrogen-bond acceptors (Lipinski definition) is 6. The van der Waals surface area contributed by atoms with E-state index in [2.05, 4.69) is 41.7 Å². The average Bonchev–Trinajstić information content (AvgIpc) is 3.05. The van der Waals surface area contributed by atoms with Crippen molar-refractivity contribution in [2.24, 2.45) is 0 Å². The van der Waals surface area contributed by atoms with Gasteiger partial charge in [-0.25, -0.2) is 19.2 Å². The number of carbonyl (C=O) groups excluding carboxylic acids is 4. The topological polar surface area (TPSA) is 117 Å². The number of nitrogens with zero attached hydrogens (tertiary/aromatic N) is 2. The lowest BCUT2D eigenvalue weighted by atomic mass is 9.93. The van der Waals surface area contributed by atoms with E-state index < -0.39 is 43.4 Å². The van der Waals surface area contributed by atoms with Crippen molar-refractivity contribution in [3.05, 3.63) is 34.9 Å². The summed E-state index contributed by atoms with van der Waals surface area (Å²) < 4.78 is 10.6. The van der Waals surface area contributed by atoms with Crippen molar-refractivity contribution in [3.63, 3.8) is 0 Å². The Morgan fingerprint density at radius 3 is 2.18 bits per heavy atom. The number of amides is 4. The molecule has 3 aliphatic heterocycles.